The van der Waals surface area contributed by atoms with E-state index in [2.05, 4.69) is 42.2 Å². The fourth-order valence-electron chi connectivity index (χ4n) is 3.38. The van der Waals surface area contributed by atoms with Crippen LogP contribution in [0.15, 0.2) is 70.7 Å². The van der Waals surface area contributed by atoms with Gasteiger partial charge >= 0.3 is 0 Å². The van der Waals surface area contributed by atoms with Crippen LogP contribution in [0.4, 0.5) is 0 Å². The lowest BCUT2D eigenvalue weighted by Gasteiger charge is -2.16. The third-order valence-electron chi connectivity index (χ3n) is 4.95. The third-order valence-corrected chi connectivity index (χ3v) is 7.94. The predicted molar refractivity (Wildman–Crippen MR) is 110 cm³/mol. The minimum Gasteiger partial charge on any atom is -0.249 e. The number of nitrogens with zero attached hydrogens (tertiary/aromatic N) is 2. The van der Waals surface area contributed by atoms with Crippen molar-refractivity contribution < 1.29 is 8.42 Å². The van der Waals surface area contributed by atoms with E-state index in [0.717, 1.165) is 17.9 Å². The fourth-order valence-corrected chi connectivity index (χ4v) is 5.74. The van der Waals surface area contributed by atoms with Gasteiger partial charge in [-0.05, 0) is 48.2 Å². The van der Waals surface area contributed by atoms with Gasteiger partial charge in [-0.25, -0.2) is 13.4 Å². The zero-order chi connectivity index (χ0) is 18.9. The Morgan fingerprint density at radius 3 is 2.44 bits per heavy atom. The van der Waals surface area contributed by atoms with Crippen LogP contribution < -0.4 is 0 Å². The van der Waals surface area contributed by atoms with E-state index in [1.54, 1.807) is 22.1 Å². The number of thioether (sulfide) groups is 1. The Morgan fingerprint density at radius 2 is 1.74 bits per heavy atom. The highest BCUT2D eigenvalue weighted by Gasteiger charge is 2.27. The number of hydrogen-bond acceptors (Lipinski definition) is 4. The molecule has 0 amide bonds. The Kier molecular flexibility index (Phi) is 5.21. The van der Waals surface area contributed by atoms with Gasteiger partial charge in [0.1, 0.15) is 4.90 Å². The Hall–Kier alpha value is -1.89. The second kappa shape index (κ2) is 7.62. The fraction of sp³-hybridized carbons (Fsp3) is 0.286. The Morgan fingerprint density at radius 1 is 1.00 bits per heavy atom. The first-order chi connectivity index (χ1) is 13.0. The topological polar surface area (TPSA) is 50.3 Å². The monoisotopic (exact) mass is 398 g/mol. The summed E-state index contributed by atoms with van der Waals surface area (Å²) in [6, 6.07) is 18.3. The van der Waals surface area contributed by atoms with E-state index in [1.807, 2.05) is 18.2 Å². The molecule has 140 valence electrons. The number of aromatic nitrogens is 1. The van der Waals surface area contributed by atoms with Crippen molar-refractivity contribution >= 4 is 32.6 Å². The highest BCUT2D eigenvalue weighted by Crippen LogP contribution is 2.35. The van der Waals surface area contributed by atoms with E-state index >= 15 is 0 Å². The van der Waals surface area contributed by atoms with Crippen molar-refractivity contribution in [3.63, 3.8) is 0 Å². The molecule has 2 heterocycles. The number of sulfonamides is 1. The van der Waals surface area contributed by atoms with Crippen molar-refractivity contribution in [2.45, 2.75) is 34.9 Å². The summed E-state index contributed by atoms with van der Waals surface area (Å²) in [5, 5.41) is 3.51. The maximum absolute atomic E-state index is 12.6. The van der Waals surface area contributed by atoms with Crippen molar-refractivity contribution in [2.75, 3.05) is 13.1 Å². The molecule has 1 saturated heterocycles. The van der Waals surface area contributed by atoms with Gasteiger partial charge in [0.05, 0.1) is 5.03 Å². The standard InChI is InChI=1S/C21H22N2O2S2/c1-16(18-9-8-17-6-2-3-7-19(17)14-18)26-21-11-10-20(15-22-21)27(24,25)23-12-4-5-13-23/h2-3,6-11,14-16H,4-5,12-13H2,1H3. The number of rotatable bonds is 5. The van der Waals surface area contributed by atoms with Crippen LogP contribution >= 0.6 is 11.8 Å². The van der Waals surface area contributed by atoms with Crippen molar-refractivity contribution in [1.82, 2.24) is 9.29 Å². The lowest BCUT2D eigenvalue weighted by atomic mass is 10.1. The molecule has 6 heteroatoms. The Balaban J connectivity index is 1.50. The molecular weight excluding hydrogens is 376 g/mol. The van der Waals surface area contributed by atoms with Crippen LogP contribution in [0.2, 0.25) is 0 Å². The lowest BCUT2D eigenvalue weighted by Crippen LogP contribution is -2.27. The zero-order valence-corrected chi connectivity index (χ0v) is 16.8. The van der Waals surface area contributed by atoms with Crippen LogP contribution in [0.3, 0.4) is 0 Å². The normalized spacial score (nSPS) is 16.6. The number of benzene rings is 2. The molecule has 0 radical (unpaired) electrons. The van der Waals surface area contributed by atoms with Gasteiger partial charge in [-0.1, -0.05) is 54.2 Å². The summed E-state index contributed by atoms with van der Waals surface area (Å²) < 4.78 is 26.7. The van der Waals surface area contributed by atoms with Crippen LogP contribution in [-0.4, -0.2) is 30.8 Å². The second-order valence-electron chi connectivity index (χ2n) is 6.81. The smallest absolute Gasteiger partial charge is 0.244 e. The molecule has 1 unspecified atom stereocenters. The van der Waals surface area contributed by atoms with Crippen LogP contribution in [0.25, 0.3) is 10.8 Å². The van der Waals surface area contributed by atoms with Gasteiger partial charge in [0.25, 0.3) is 0 Å². The quantitative estimate of drug-likeness (QED) is 0.575. The van der Waals surface area contributed by atoms with Crippen molar-refractivity contribution in [1.29, 1.82) is 0 Å². The second-order valence-corrected chi connectivity index (χ2v) is 10.1. The summed E-state index contributed by atoms with van der Waals surface area (Å²) in [7, 11) is -3.40. The first kappa shape index (κ1) is 18.5. The summed E-state index contributed by atoms with van der Waals surface area (Å²) in [6.45, 7) is 3.36. The summed E-state index contributed by atoms with van der Waals surface area (Å²) in [6.07, 6.45) is 3.36. The SMILES string of the molecule is CC(Sc1ccc(S(=O)(=O)N2CCCC2)cn1)c1ccc2ccccc2c1. The molecule has 1 fully saturated rings. The van der Waals surface area contributed by atoms with E-state index < -0.39 is 10.0 Å². The molecule has 2 aromatic carbocycles. The van der Waals surface area contributed by atoms with E-state index in [4.69, 9.17) is 0 Å². The van der Waals surface area contributed by atoms with E-state index in [-0.39, 0.29) is 10.1 Å². The van der Waals surface area contributed by atoms with Gasteiger partial charge in [0, 0.05) is 24.5 Å². The van der Waals surface area contributed by atoms with Crippen molar-refractivity contribution in [3.05, 3.63) is 66.4 Å². The Labute approximate surface area is 164 Å². The highest BCUT2D eigenvalue weighted by molar-refractivity contribution is 7.99. The summed E-state index contributed by atoms with van der Waals surface area (Å²) in [5.74, 6) is 0. The maximum Gasteiger partial charge on any atom is 0.244 e. The molecule has 3 aromatic rings. The van der Waals surface area contributed by atoms with Gasteiger partial charge < -0.3 is 0 Å². The van der Waals surface area contributed by atoms with Gasteiger partial charge in [0.2, 0.25) is 10.0 Å². The van der Waals surface area contributed by atoms with Crippen LogP contribution in [0.1, 0.15) is 30.6 Å². The maximum atomic E-state index is 12.6. The molecule has 0 aliphatic carbocycles. The number of pyridine rings is 1. The molecular formula is C21H22N2O2S2. The molecule has 1 aromatic heterocycles. The zero-order valence-electron chi connectivity index (χ0n) is 15.2. The first-order valence-corrected chi connectivity index (χ1v) is 11.5. The summed E-state index contributed by atoms with van der Waals surface area (Å²) in [5.41, 5.74) is 1.23. The molecule has 27 heavy (non-hydrogen) atoms. The lowest BCUT2D eigenvalue weighted by molar-refractivity contribution is 0.477. The molecule has 0 saturated carbocycles. The minimum atomic E-state index is -3.40. The average Bonchev–Trinajstić information content (AvgIpc) is 3.24. The van der Waals surface area contributed by atoms with E-state index in [1.165, 1.54) is 22.5 Å². The summed E-state index contributed by atoms with van der Waals surface area (Å²) >= 11 is 1.64. The van der Waals surface area contributed by atoms with Gasteiger partial charge in [-0.15, -0.1) is 0 Å². The molecule has 1 aliphatic heterocycles. The van der Waals surface area contributed by atoms with E-state index in [0.29, 0.717) is 13.1 Å². The van der Waals surface area contributed by atoms with Gasteiger partial charge in [0.15, 0.2) is 0 Å². The molecule has 0 bridgehead atoms. The van der Waals surface area contributed by atoms with Crippen molar-refractivity contribution in [3.8, 4) is 0 Å². The first-order valence-electron chi connectivity index (χ1n) is 9.15. The van der Waals surface area contributed by atoms with E-state index in [9.17, 15) is 8.42 Å². The third kappa shape index (κ3) is 3.88. The molecule has 4 nitrogen and oxygen atoms in total. The molecule has 0 N–H and O–H groups in total. The van der Waals surface area contributed by atoms with Crippen LogP contribution in [0, 0.1) is 0 Å². The molecule has 1 atom stereocenters. The number of hydrogen-bond donors (Lipinski definition) is 0. The average molecular weight is 399 g/mol. The summed E-state index contributed by atoms with van der Waals surface area (Å²) in [4.78, 5) is 4.69. The minimum absolute atomic E-state index is 0.225. The van der Waals surface area contributed by atoms with Crippen LogP contribution in [0.5, 0.6) is 0 Å². The predicted octanol–water partition coefficient (Wildman–Crippen LogP) is 4.87. The molecule has 0 spiro atoms. The molecule has 4 rings (SSSR count). The molecule has 1 aliphatic rings. The number of fused-ring (bicyclic) bond motifs is 1. The van der Waals surface area contributed by atoms with Crippen LogP contribution in [-0.2, 0) is 10.0 Å². The van der Waals surface area contributed by atoms with Gasteiger partial charge in [-0.3, -0.25) is 0 Å². The van der Waals surface area contributed by atoms with Crippen molar-refractivity contribution in [2.24, 2.45) is 0 Å². The highest BCUT2D eigenvalue weighted by atomic mass is 32.2. The van der Waals surface area contributed by atoms with Gasteiger partial charge in [-0.2, -0.15) is 4.31 Å². The Bertz CT molecular complexity index is 1040. The largest absolute Gasteiger partial charge is 0.249 e.